The number of halogens is 1. The molecule has 0 amide bonds. The van der Waals surface area contributed by atoms with E-state index in [4.69, 9.17) is 18.6 Å². The van der Waals surface area contributed by atoms with Gasteiger partial charge in [-0.25, -0.2) is 18.6 Å². The van der Waals surface area contributed by atoms with E-state index in [0.717, 1.165) is 0 Å². The van der Waals surface area contributed by atoms with Crippen LogP contribution < -0.4 is 23.3 Å². The lowest BCUT2D eigenvalue weighted by Gasteiger charge is -2.17. The predicted molar refractivity (Wildman–Crippen MR) is 38.6 cm³/mol. The maximum Gasteiger partial charge on any atom is 0.289 e. The van der Waals surface area contributed by atoms with E-state index >= 15 is 0 Å². The molecule has 0 bridgehead atoms. The Morgan fingerprint density at radius 1 is 1.06 bits per heavy atom. The third-order valence-electron chi connectivity index (χ3n) is 1.49. The minimum absolute atomic E-state index is 1.75. The third-order valence-corrected chi connectivity index (χ3v) is 1.49. The van der Waals surface area contributed by atoms with Crippen LogP contribution in [0, 0.1) is 10.2 Å². The molecule has 0 aliphatic carbocycles. The Kier molecular flexibility index (Phi) is 3.99. The third kappa shape index (κ3) is 4.87. The fourth-order valence-electron chi connectivity index (χ4n) is 0.964. The van der Waals surface area contributed by atoms with Crippen LogP contribution in [0.3, 0.4) is 0 Å². The summed E-state index contributed by atoms with van der Waals surface area (Å²) in [7, 11) is -3.06. The first-order valence-corrected chi connectivity index (χ1v) is 5.25. The summed E-state index contributed by atoms with van der Waals surface area (Å²) >= 11 is 0. The molecule has 2 rings (SSSR count). The highest BCUT2D eigenvalue weighted by Crippen LogP contribution is 1.89. The Hall–Kier alpha value is -1.45. The van der Waals surface area contributed by atoms with Gasteiger partial charge in [-0.2, -0.15) is 4.68 Å². The van der Waals surface area contributed by atoms with Crippen LogP contribution in [0.4, 0.5) is 0 Å². The lowest BCUT2D eigenvalue weighted by molar-refractivity contribution is -2.00. The monoisotopic (exact) mass is 248 g/mol. The van der Waals surface area contributed by atoms with Gasteiger partial charge in [-0.3, -0.25) is 0 Å². The molecule has 2 aromatic rings. The Morgan fingerprint density at radius 2 is 1.56 bits per heavy atom. The summed E-state index contributed by atoms with van der Waals surface area (Å²) in [5, 5.41) is 4.03. The normalized spacial score (nSPS) is 10.8. The Bertz CT molecular complexity index is 416. The largest absolute Gasteiger partial charge is 0.289 e. The second-order valence-electron chi connectivity index (χ2n) is 2.74. The summed E-state index contributed by atoms with van der Waals surface area (Å²) in [5.41, 5.74) is 0. The molecule has 9 heteroatoms. The van der Waals surface area contributed by atoms with Gasteiger partial charge in [0.25, 0.3) is 6.33 Å². The van der Waals surface area contributed by atoms with Crippen LogP contribution in [0.15, 0.2) is 37.2 Å². The molecule has 8 nitrogen and oxygen atoms in total. The van der Waals surface area contributed by atoms with Crippen molar-refractivity contribution in [2.45, 2.75) is 0 Å². The van der Waals surface area contributed by atoms with Crippen LogP contribution in [0.2, 0.25) is 0 Å². The van der Waals surface area contributed by atoms with Crippen LogP contribution in [0.5, 0.6) is 0 Å². The van der Waals surface area contributed by atoms with Crippen molar-refractivity contribution in [2.75, 3.05) is 0 Å². The first kappa shape index (κ1) is 12.6. The van der Waals surface area contributed by atoms with Crippen molar-refractivity contribution in [3.63, 3.8) is 0 Å². The van der Waals surface area contributed by atoms with E-state index in [2.05, 4.69) is 5.10 Å². The van der Waals surface area contributed by atoms with Crippen molar-refractivity contribution in [2.24, 2.45) is 7.05 Å². The number of rotatable bonds is 1. The lowest BCUT2D eigenvalue weighted by atomic mass is 10.7. The van der Waals surface area contributed by atoms with Gasteiger partial charge in [0.15, 0.2) is 0 Å². The van der Waals surface area contributed by atoms with E-state index in [0.29, 0.717) is 0 Å². The standard InChI is InChI=1S/C7H9N4.ClHO4/c1-9-7-11(6-8-9)10-4-2-3-5-10;2-1(3,4)5/h2-7H,1H3;(H,2,3,4,5)/q+1;/p-1. The second-order valence-corrected chi connectivity index (χ2v) is 3.50. The highest BCUT2D eigenvalue weighted by Gasteiger charge is 2.00. The Morgan fingerprint density at radius 3 is 1.94 bits per heavy atom. The van der Waals surface area contributed by atoms with Crippen LogP contribution >= 0.6 is 0 Å². The Labute approximate surface area is 92.9 Å². The molecule has 0 fully saturated rings. The zero-order chi connectivity index (χ0) is 12.2. The zero-order valence-electron chi connectivity index (χ0n) is 8.26. The summed E-state index contributed by atoms with van der Waals surface area (Å²) in [5.74, 6) is 0. The Balaban J connectivity index is 0.000000221. The molecule has 0 spiro atoms. The SMILES string of the molecule is C[n+]1cn(-n2cccc2)cn1.[O-][Cl+3]([O-])([O-])[O-]. The minimum Gasteiger partial charge on any atom is -0.222 e. The molecule has 0 aliphatic heterocycles. The number of aryl methyl sites for hydroxylation is 1. The van der Waals surface area contributed by atoms with E-state index in [1.807, 2.05) is 47.3 Å². The molecule has 0 radical (unpaired) electrons. The maximum atomic E-state index is 8.49. The molecule has 0 saturated carbocycles. The topological polar surface area (TPSA) is 119 Å². The smallest absolute Gasteiger partial charge is 0.222 e. The summed E-state index contributed by atoms with van der Waals surface area (Å²) in [6, 6.07) is 3.94. The number of nitrogens with zero attached hydrogens (tertiary/aromatic N) is 4. The van der Waals surface area contributed by atoms with Crippen molar-refractivity contribution in [3.05, 3.63) is 37.2 Å². The quantitative estimate of drug-likeness (QED) is 0.469. The molecule has 2 aromatic heterocycles. The van der Waals surface area contributed by atoms with Gasteiger partial charge in [-0.15, -0.1) is 19.6 Å². The van der Waals surface area contributed by atoms with Crippen molar-refractivity contribution < 1.29 is 33.6 Å². The van der Waals surface area contributed by atoms with Gasteiger partial charge < -0.3 is 0 Å². The van der Waals surface area contributed by atoms with E-state index < -0.39 is 10.2 Å². The van der Waals surface area contributed by atoms with Gasteiger partial charge in [0.2, 0.25) is 6.33 Å². The molecule has 16 heavy (non-hydrogen) atoms. The first-order valence-electron chi connectivity index (χ1n) is 4.01. The van der Waals surface area contributed by atoms with E-state index in [1.54, 1.807) is 11.0 Å². The maximum absolute atomic E-state index is 8.49. The second kappa shape index (κ2) is 5.05. The molecule has 0 unspecified atom stereocenters. The summed E-state index contributed by atoms with van der Waals surface area (Å²) < 4.78 is 39.5. The molecule has 0 aromatic carbocycles. The highest BCUT2D eigenvalue weighted by molar-refractivity contribution is 4.90. The van der Waals surface area contributed by atoms with Crippen LogP contribution in [0.1, 0.15) is 0 Å². The van der Waals surface area contributed by atoms with E-state index in [-0.39, 0.29) is 0 Å². The van der Waals surface area contributed by atoms with Crippen LogP contribution in [-0.2, 0) is 7.05 Å². The van der Waals surface area contributed by atoms with Crippen molar-refractivity contribution >= 4 is 0 Å². The van der Waals surface area contributed by atoms with Gasteiger partial charge in [0.05, 0.1) is 0 Å². The summed E-state index contributed by atoms with van der Waals surface area (Å²) in [6.45, 7) is 0. The summed E-state index contributed by atoms with van der Waals surface area (Å²) in [4.78, 5) is 0. The van der Waals surface area contributed by atoms with E-state index in [1.165, 1.54) is 0 Å². The van der Waals surface area contributed by atoms with Crippen molar-refractivity contribution in [1.29, 1.82) is 0 Å². The number of aromatic nitrogens is 4. The van der Waals surface area contributed by atoms with Crippen molar-refractivity contribution in [1.82, 2.24) is 14.5 Å². The predicted octanol–water partition coefficient (Wildman–Crippen LogP) is -4.94. The van der Waals surface area contributed by atoms with Gasteiger partial charge in [0, 0.05) is 12.4 Å². The molecular formula is C7H9ClN4O4. The average Bonchev–Trinajstić information content (AvgIpc) is 2.69. The fourth-order valence-corrected chi connectivity index (χ4v) is 0.964. The molecular weight excluding hydrogens is 240 g/mol. The van der Waals surface area contributed by atoms with Gasteiger partial charge in [-0.1, -0.05) is 0 Å². The zero-order valence-corrected chi connectivity index (χ0v) is 9.02. The minimum atomic E-state index is -4.94. The van der Waals surface area contributed by atoms with E-state index in [9.17, 15) is 0 Å². The van der Waals surface area contributed by atoms with Gasteiger partial charge >= 0.3 is 0 Å². The van der Waals surface area contributed by atoms with Crippen LogP contribution in [0.25, 0.3) is 0 Å². The molecule has 0 atom stereocenters. The lowest BCUT2D eigenvalue weighted by Crippen LogP contribution is -2.68. The number of hydrogen-bond acceptors (Lipinski definition) is 5. The van der Waals surface area contributed by atoms with Crippen LogP contribution in [-0.4, -0.2) is 14.5 Å². The molecule has 0 saturated heterocycles. The number of hydrogen-bond donors (Lipinski definition) is 0. The molecule has 0 N–H and O–H groups in total. The van der Waals surface area contributed by atoms with Gasteiger partial charge in [-0.05, 0) is 17.2 Å². The highest BCUT2D eigenvalue weighted by atomic mass is 35.7. The first-order chi connectivity index (χ1) is 7.36. The average molecular weight is 249 g/mol. The fraction of sp³-hybridized carbons (Fsp3) is 0.143. The molecule has 2 heterocycles. The molecule has 0 aliphatic rings. The van der Waals surface area contributed by atoms with Crippen molar-refractivity contribution in [3.8, 4) is 0 Å². The van der Waals surface area contributed by atoms with Gasteiger partial charge in [0.1, 0.15) is 7.05 Å². The summed E-state index contributed by atoms with van der Waals surface area (Å²) in [6.07, 6.45) is 7.56. The molecule has 88 valence electrons.